The number of benzene rings is 2. The second-order valence-electron chi connectivity index (χ2n) is 6.99. The van der Waals surface area contributed by atoms with Gasteiger partial charge in [-0.3, -0.25) is 4.79 Å². The Morgan fingerprint density at radius 3 is 2.00 bits per heavy atom. The zero-order chi connectivity index (χ0) is 19.7. The van der Waals surface area contributed by atoms with E-state index >= 15 is 0 Å². The van der Waals surface area contributed by atoms with Crippen molar-refractivity contribution in [2.24, 2.45) is 5.92 Å². The van der Waals surface area contributed by atoms with Crippen LogP contribution in [0, 0.1) is 5.92 Å². The lowest BCUT2D eigenvalue weighted by Gasteiger charge is -2.27. The topological polar surface area (TPSA) is 40.5 Å². The first kappa shape index (κ1) is 21.8. The van der Waals surface area contributed by atoms with Gasteiger partial charge in [-0.15, -0.1) is 0 Å². The molecule has 0 spiro atoms. The van der Waals surface area contributed by atoms with Gasteiger partial charge in [-0.1, -0.05) is 53.2 Å². The lowest BCUT2D eigenvalue weighted by molar-refractivity contribution is 0.101. The van der Waals surface area contributed by atoms with Gasteiger partial charge in [0.25, 0.3) is 0 Å². The van der Waals surface area contributed by atoms with Gasteiger partial charge in [-0.2, -0.15) is 0 Å². The predicted molar refractivity (Wildman–Crippen MR) is 112 cm³/mol. The Hall–Kier alpha value is -2.29. The van der Waals surface area contributed by atoms with Crippen molar-refractivity contribution in [1.29, 1.82) is 0 Å². The molecule has 0 atom stereocenters. The summed E-state index contributed by atoms with van der Waals surface area (Å²) in [6.45, 7) is 13.0. The van der Waals surface area contributed by atoms with Crippen molar-refractivity contribution in [3.8, 4) is 5.75 Å². The molecule has 0 saturated carbocycles. The fourth-order valence-electron chi connectivity index (χ4n) is 2.61. The van der Waals surface area contributed by atoms with Gasteiger partial charge in [0, 0.05) is 17.9 Å². The molecule has 3 nitrogen and oxygen atoms in total. The molecule has 0 bridgehead atoms. The van der Waals surface area contributed by atoms with Crippen molar-refractivity contribution in [3.05, 3.63) is 53.6 Å². The van der Waals surface area contributed by atoms with E-state index in [0.717, 1.165) is 24.3 Å². The number of aromatic hydroxyl groups is 1. The Balaban J connectivity index is 0.00000105. The number of ketones is 1. The standard InChI is InChI=1S/C20H25NO2.C3H8/c1-5-16-6-8-17(9-7-16)21(13-14(2)3)18-10-11-20(23)19(12-18)15(4)22;1-3-2/h6-12,14,23H,5,13H2,1-4H3;3H2,1-2H3. The van der Waals surface area contributed by atoms with E-state index in [1.54, 1.807) is 12.1 Å². The monoisotopic (exact) mass is 355 g/mol. The highest BCUT2D eigenvalue weighted by Gasteiger charge is 2.15. The summed E-state index contributed by atoms with van der Waals surface area (Å²) >= 11 is 0. The number of hydrogen-bond acceptors (Lipinski definition) is 3. The number of rotatable bonds is 6. The number of nitrogens with zero attached hydrogens (tertiary/aromatic N) is 1. The number of phenolic OH excluding ortho intramolecular Hbond substituents is 1. The largest absolute Gasteiger partial charge is 0.507 e. The minimum Gasteiger partial charge on any atom is -0.507 e. The van der Waals surface area contributed by atoms with Crippen molar-refractivity contribution in [3.63, 3.8) is 0 Å². The number of hydrogen-bond donors (Lipinski definition) is 1. The molecule has 0 amide bonds. The average Bonchev–Trinajstić information content (AvgIpc) is 2.61. The highest BCUT2D eigenvalue weighted by molar-refractivity contribution is 5.97. The summed E-state index contributed by atoms with van der Waals surface area (Å²) in [6, 6.07) is 13.7. The van der Waals surface area contributed by atoms with Crippen LogP contribution in [-0.4, -0.2) is 17.4 Å². The Morgan fingerprint density at radius 1 is 1.00 bits per heavy atom. The van der Waals surface area contributed by atoms with Crippen LogP contribution in [0.4, 0.5) is 11.4 Å². The van der Waals surface area contributed by atoms with E-state index in [9.17, 15) is 9.90 Å². The molecule has 142 valence electrons. The minimum absolute atomic E-state index is 0.0343. The third kappa shape index (κ3) is 6.21. The molecular weight excluding hydrogens is 322 g/mol. The molecule has 0 aliphatic rings. The lowest BCUT2D eigenvalue weighted by atomic mass is 10.1. The molecule has 0 aromatic heterocycles. The van der Waals surface area contributed by atoms with E-state index in [1.807, 2.05) is 6.07 Å². The molecule has 0 aliphatic carbocycles. The van der Waals surface area contributed by atoms with Gasteiger partial charge in [0.2, 0.25) is 0 Å². The van der Waals surface area contributed by atoms with Crippen molar-refractivity contribution in [2.45, 2.75) is 54.4 Å². The zero-order valence-corrected chi connectivity index (χ0v) is 17.0. The number of aryl methyl sites for hydroxylation is 1. The second-order valence-corrected chi connectivity index (χ2v) is 6.99. The third-order valence-corrected chi connectivity index (χ3v) is 3.88. The molecule has 2 aromatic rings. The van der Waals surface area contributed by atoms with Crippen LogP contribution in [0.15, 0.2) is 42.5 Å². The molecular formula is C23H33NO2. The maximum atomic E-state index is 11.7. The summed E-state index contributed by atoms with van der Waals surface area (Å²) in [7, 11) is 0. The molecule has 2 rings (SSSR count). The predicted octanol–water partition coefficient (Wildman–Crippen LogP) is 6.37. The Labute approximate surface area is 158 Å². The van der Waals surface area contributed by atoms with Crippen LogP contribution >= 0.6 is 0 Å². The SMILES string of the molecule is CCC.CCc1ccc(N(CC(C)C)c2ccc(O)c(C(C)=O)c2)cc1. The summed E-state index contributed by atoms with van der Waals surface area (Å²) in [5.74, 6) is 0.373. The molecule has 0 heterocycles. The Bertz CT molecular complexity index is 690. The maximum absolute atomic E-state index is 11.7. The average molecular weight is 356 g/mol. The molecule has 2 aromatic carbocycles. The molecule has 26 heavy (non-hydrogen) atoms. The van der Waals surface area contributed by atoms with Crippen LogP contribution in [0.3, 0.4) is 0 Å². The maximum Gasteiger partial charge on any atom is 0.163 e. The summed E-state index contributed by atoms with van der Waals surface area (Å²) in [5, 5.41) is 9.87. The van der Waals surface area contributed by atoms with Crippen LogP contribution in [0.2, 0.25) is 0 Å². The van der Waals surface area contributed by atoms with Gasteiger partial charge in [0.1, 0.15) is 5.75 Å². The summed E-state index contributed by atoms with van der Waals surface area (Å²) in [6.07, 6.45) is 2.26. The van der Waals surface area contributed by atoms with Gasteiger partial charge >= 0.3 is 0 Å². The fraction of sp³-hybridized carbons (Fsp3) is 0.435. The molecule has 0 aliphatic heterocycles. The van der Waals surface area contributed by atoms with E-state index in [-0.39, 0.29) is 11.5 Å². The van der Waals surface area contributed by atoms with Crippen molar-refractivity contribution in [2.75, 3.05) is 11.4 Å². The summed E-state index contributed by atoms with van der Waals surface area (Å²) < 4.78 is 0. The smallest absolute Gasteiger partial charge is 0.163 e. The molecule has 0 fully saturated rings. The van der Waals surface area contributed by atoms with Crippen LogP contribution in [0.1, 0.15) is 63.9 Å². The van der Waals surface area contributed by atoms with Crippen LogP contribution in [0.5, 0.6) is 5.75 Å². The van der Waals surface area contributed by atoms with E-state index in [2.05, 4.69) is 63.8 Å². The molecule has 3 heteroatoms. The van der Waals surface area contributed by atoms with E-state index in [4.69, 9.17) is 0 Å². The first-order valence-electron chi connectivity index (χ1n) is 9.54. The van der Waals surface area contributed by atoms with E-state index in [1.165, 1.54) is 18.9 Å². The first-order valence-corrected chi connectivity index (χ1v) is 9.54. The molecule has 0 unspecified atom stereocenters. The first-order chi connectivity index (χ1) is 12.3. The minimum atomic E-state index is -0.129. The number of carbonyl (C=O) groups is 1. The summed E-state index contributed by atoms with van der Waals surface area (Å²) in [5.41, 5.74) is 3.68. The normalized spacial score (nSPS) is 10.3. The van der Waals surface area contributed by atoms with Crippen molar-refractivity contribution in [1.82, 2.24) is 0 Å². The Morgan fingerprint density at radius 2 is 1.54 bits per heavy atom. The highest BCUT2D eigenvalue weighted by Crippen LogP contribution is 2.31. The number of phenols is 1. The number of carbonyl (C=O) groups excluding carboxylic acids is 1. The molecule has 1 N–H and O–H groups in total. The Kier molecular flexibility index (Phi) is 8.91. The van der Waals surface area contributed by atoms with Crippen molar-refractivity contribution < 1.29 is 9.90 Å². The van der Waals surface area contributed by atoms with Gasteiger partial charge in [-0.25, -0.2) is 0 Å². The van der Waals surface area contributed by atoms with E-state index in [0.29, 0.717) is 11.5 Å². The summed E-state index contributed by atoms with van der Waals surface area (Å²) in [4.78, 5) is 13.9. The lowest BCUT2D eigenvalue weighted by Crippen LogP contribution is -2.22. The van der Waals surface area contributed by atoms with Gasteiger partial charge in [0.15, 0.2) is 5.78 Å². The van der Waals surface area contributed by atoms with Crippen molar-refractivity contribution >= 4 is 17.2 Å². The van der Waals surface area contributed by atoms with Gasteiger partial charge < -0.3 is 10.0 Å². The number of anilines is 2. The van der Waals surface area contributed by atoms with Crippen LogP contribution in [0.25, 0.3) is 0 Å². The number of Topliss-reactive ketones (excluding diaryl/α,β-unsaturated/α-hetero) is 1. The zero-order valence-electron chi connectivity index (χ0n) is 17.0. The van der Waals surface area contributed by atoms with Crippen LogP contribution in [-0.2, 0) is 6.42 Å². The van der Waals surface area contributed by atoms with E-state index < -0.39 is 0 Å². The quantitative estimate of drug-likeness (QED) is 0.612. The fourth-order valence-corrected chi connectivity index (χ4v) is 2.61. The van der Waals surface area contributed by atoms with Gasteiger partial charge in [0.05, 0.1) is 5.56 Å². The molecule has 0 radical (unpaired) electrons. The highest BCUT2D eigenvalue weighted by atomic mass is 16.3. The molecule has 0 saturated heterocycles. The third-order valence-electron chi connectivity index (χ3n) is 3.88. The second kappa shape index (κ2) is 10.6. The van der Waals surface area contributed by atoms with Gasteiger partial charge in [-0.05, 0) is 55.2 Å². The van der Waals surface area contributed by atoms with Crippen LogP contribution < -0.4 is 4.90 Å².